The molecule has 2 bridgehead atoms. The molecule has 0 radical (unpaired) electrons. The van der Waals surface area contributed by atoms with Crippen LogP contribution in [0.25, 0.3) is 0 Å². The maximum Gasteiger partial charge on any atom is 0.0965 e. The number of benzene rings is 2. The van der Waals surface area contributed by atoms with Gasteiger partial charge in [-0.2, -0.15) is 0 Å². The van der Waals surface area contributed by atoms with Crippen molar-refractivity contribution in [3.8, 4) is 0 Å². The quantitative estimate of drug-likeness (QED) is 0.881. The van der Waals surface area contributed by atoms with Crippen molar-refractivity contribution in [2.45, 2.75) is 50.0 Å². The molecule has 1 N–H and O–H groups in total. The second kappa shape index (κ2) is 6.27. The van der Waals surface area contributed by atoms with Crippen molar-refractivity contribution >= 4 is 11.6 Å². The average molecular weight is 328 g/mol. The molecule has 0 saturated carbocycles. The standard InChI is InChI=1S/C20H22ClNO/c21-17-8-6-16(7-9-17)20(12-18-10-11-19(13-20)22-18)23-14-15-4-2-1-3-5-15/h1-9,18-19,22H,10-14H2. The number of hydrogen-bond donors (Lipinski definition) is 1. The van der Waals surface area contributed by atoms with E-state index in [0.717, 1.165) is 17.9 Å². The van der Waals surface area contributed by atoms with Crippen molar-refractivity contribution in [2.75, 3.05) is 0 Å². The largest absolute Gasteiger partial charge is 0.365 e. The third kappa shape index (κ3) is 3.16. The molecule has 120 valence electrons. The highest BCUT2D eigenvalue weighted by Gasteiger charge is 2.45. The van der Waals surface area contributed by atoms with Gasteiger partial charge in [-0.15, -0.1) is 0 Å². The minimum atomic E-state index is -0.197. The molecule has 2 unspecified atom stereocenters. The van der Waals surface area contributed by atoms with Gasteiger partial charge in [0, 0.05) is 17.1 Å². The number of fused-ring (bicyclic) bond motifs is 2. The van der Waals surface area contributed by atoms with Crippen LogP contribution in [0.2, 0.25) is 5.02 Å². The molecule has 0 spiro atoms. The van der Waals surface area contributed by atoms with Crippen molar-refractivity contribution in [3.05, 3.63) is 70.7 Å². The fourth-order valence-electron chi connectivity index (χ4n) is 4.09. The lowest BCUT2D eigenvalue weighted by atomic mass is 9.81. The third-order valence-corrected chi connectivity index (χ3v) is 5.47. The Labute approximate surface area is 142 Å². The Morgan fingerprint density at radius 2 is 1.61 bits per heavy atom. The average Bonchev–Trinajstić information content (AvgIpc) is 2.93. The first-order valence-electron chi connectivity index (χ1n) is 8.43. The van der Waals surface area contributed by atoms with Gasteiger partial charge in [0.2, 0.25) is 0 Å². The van der Waals surface area contributed by atoms with Gasteiger partial charge >= 0.3 is 0 Å². The Kier molecular flexibility index (Phi) is 4.14. The Morgan fingerprint density at radius 1 is 0.957 bits per heavy atom. The highest BCUT2D eigenvalue weighted by Crippen LogP contribution is 2.44. The molecular weight excluding hydrogens is 306 g/mol. The Morgan fingerprint density at radius 3 is 2.26 bits per heavy atom. The summed E-state index contributed by atoms with van der Waals surface area (Å²) >= 11 is 6.09. The SMILES string of the molecule is Clc1ccc(C2(OCc3ccccc3)CC3CCC(C2)N3)cc1. The predicted molar refractivity (Wildman–Crippen MR) is 93.5 cm³/mol. The summed E-state index contributed by atoms with van der Waals surface area (Å²) in [7, 11) is 0. The number of rotatable bonds is 4. The monoisotopic (exact) mass is 327 g/mol. The number of piperidine rings is 1. The predicted octanol–water partition coefficient (Wildman–Crippen LogP) is 4.67. The molecule has 3 heteroatoms. The lowest BCUT2D eigenvalue weighted by Gasteiger charge is -2.41. The van der Waals surface area contributed by atoms with Crippen LogP contribution in [-0.4, -0.2) is 12.1 Å². The van der Waals surface area contributed by atoms with E-state index in [1.165, 1.54) is 24.0 Å². The van der Waals surface area contributed by atoms with Gasteiger partial charge in [0.25, 0.3) is 0 Å². The van der Waals surface area contributed by atoms with Gasteiger partial charge in [0.15, 0.2) is 0 Å². The van der Waals surface area contributed by atoms with E-state index in [1.54, 1.807) is 0 Å². The first kappa shape index (κ1) is 15.2. The van der Waals surface area contributed by atoms with Crippen molar-refractivity contribution in [2.24, 2.45) is 0 Å². The second-order valence-corrected chi connectivity index (χ2v) is 7.26. The maximum absolute atomic E-state index is 6.58. The Hall–Kier alpha value is -1.35. The smallest absolute Gasteiger partial charge is 0.0965 e. The zero-order chi connectivity index (χ0) is 15.7. The van der Waals surface area contributed by atoms with Gasteiger partial charge in [-0.3, -0.25) is 0 Å². The number of hydrogen-bond acceptors (Lipinski definition) is 2. The van der Waals surface area contributed by atoms with Crippen molar-refractivity contribution < 1.29 is 4.74 Å². The first-order valence-corrected chi connectivity index (χ1v) is 8.81. The van der Waals surface area contributed by atoms with Crippen molar-refractivity contribution in [1.82, 2.24) is 5.32 Å². The summed E-state index contributed by atoms with van der Waals surface area (Å²) < 4.78 is 6.58. The molecule has 4 rings (SSSR count). The lowest BCUT2D eigenvalue weighted by Crippen LogP contribution is -2.48. The minimum Gasteiger partial charge on any atom is -0.365 e. The summed E-state index contributed by atoms with van der Waals surface area (Å²) in [6.07, 6.45) is 4.60. The van der Waals surface area contributed by atoms with E-state index >= 15 is 0 Å². The summed E-state index contributed by atoms with van der Waals surface area (Å²) in [6.45, 7) is 0.656. The van der Waals surface area contributed by atoms with Gasteiger partial charge in [-0.05, 0) is 48.9 Å². The maximum atomic E-state index is 6.58. The van der Waals surface area contributed by atoms with E-state index < -0.39 is 0 Å². The minimum absolute atomic E-state index is 0.197. The fourth-order valence-corrected chi connectivity index (χ4v) is 4.22. The van der Waals surface area contributed by atoms with Crippen LogP contribution in [0.4, 0.5) is 0 Å². The molecule has 2 fully saturated rings. The van der Waals surface area contributed by atoms with Crippen molar-refractivity contribution in [3.63, 3.8) is 0 Å². The molecule has 23 heavy (non-hydrogen) atoms. The summed E-state index contributed by atoms with van der Waals surface area (Å²) in [5.74, 6) is 0. The van der Waals surface area contributed by atoms with Gasteiger partial charge < -0.3 is 10.1 Å². The zero-order valence-corrected chi connectivity index (χ0v) is 13.9. The van der Waals surface area contributed by atoms with Crippen LogP contribution in [0.5, 0.6) is 0 Å². The number of halogens is 1. The first-order chi connectivity index (χ1) is 11.2. The van der Waals surface area contributed by atoms with E-state index in [1.807, 2.05) is 18.2 Å². The highest BCUT2D eigenvalue weighted by atomic mass is 35.5. The van der Waals surface area contributed by atoms with Crippen molar-refractivity contribution in [1.29, 1.82) is 0 Å². The molecule has 0 amide bonds. The van der Waals surface area contributed by atoms with Crippen LogP contribution in [0.1, 0.15) is 36.8 Å². The summed E-state index contributed by atoms with van der Waals surface area (Å²) in [6, 6.07) is 19.8. The van der Waals surface area contributed by atoms with Crippen LogP contribution in [0.3, 0.4) is 0 Å². The Balaban J connectivity index is 1.62. The van der Waals surface area contributed by atoms with Crippen LogP contribution in [0.15, 0.2) is 54.6 Å². The Bertz CT molecular complexity index is 643. The molecule has 2 aromatic rings. The summed E-state index contributed by atoms with van der Waals surface area (Å²) in [5.41, 5.74) is 2.29. The third-order valence-electron chi connectivity index (χ3n) is 5.22. The van der Waals surface area contributed by atoms with Gasteiger partial charge in [-0.1, -0.05) is 54.1 Å². The molecule has 2 aliphatic heterocycles. The highest BCUT2D eigenvalue weighted by molar-refractivity contribution is 6.30. The number of nitrogens with one attached hydrogen (secondary N) is 1. The molecule has 2 heterocycles. The van der Waals surface area contributed by atoms with E-state index in [0.29, 0.717) is 18.7 Å². The van der Waals surface area contributed by atoms with E-state index in [-0.39, 0.29) is 5.60 Å². The van der Waals surface area contributed by atoms with Crippen LogP contribution < -0.4 is 5.32 Å². The number of ether oxygens (including phenoxy) is 1. The topological polar surface area (TPSA) is 21.3 Å². The van der Waals surface area contributed by atoms with E-state index in [4.69, 9.17) is 16.3 Å². The summed E-state index contributed by atoms with van der Waals surface area (Å²) in [4.78, 5) is 0. The molecular formula is C20H22ClNO. The molecule has 0 aliphatic carbocycles. The molecule has 2 saturated heterocycles. The van der Waals surface area contributed by atoms with Crippen LogP contribution in [-0.2, 0) is 16.9 Å². The fraction of sp³-hybridized carbons (Fsp3) is 0.400. The van der Waals surface area contributed by atoms with Crippen LogP contribution >= 0.6 is 11.6 Å². The van der Waals surface area contributed by atoms with Crippen LogP contribution in [0, 0.1) is 0 Å². The summed E-state index contributed by atoms with van der Waals surface area (Å²) in [5, 5.41) is 4.50. The van der Waals surface area contributed by atoms with Gasteiger partial charge in [0.05, 0.1) is 12.2 Å². The van der Waals surface area contributed by atoms with E-state index in [9.17, 15) is 0 Å². The second-order valence-electron chi connectivity index (χ2n) is 6.82. The van der Waals surface area contributed by atoms with Gasteiger partial charge in [0.1, 0.15) is 0 Å². The van der Waals surface area contributed by atoms with E-state index in [2.05, 4.69) is 41.7 Å². The molecule has 2 nitrogen and oxygen atoms in total. The molecule has 2 aromatic carbocycles. The van der Waals surface area contributed by atoms with Gasteiger partial charge in [-0.25, -0.2) is 0 Å². The molecule has 2 atom stereocenters. The molecule has 0 aromatic heterocycles. The molecule has 2 aliphatic rings. The zero-order valence-electron chi connectivity index (χ0n) is 13.2. The normalized spacial score (nSPS) is 29.6. The lowest BCUT2D eigenvalue weighted by molar-refractivity contribution is -0.0928.